The van der Waals surface area contributed by atoms with Crippen molar-refractivity contribution in [3.8, 4) is 5.75 Å². The van der Waals surface area contributed by atoms with Crippen molar-refractivity contribution < 1.29 is 14.3 Å². The SMILES string of the molecule is CC(C)c1ccc(OCC(=O)N(Cc2ccccc2Cl)[C@H](C)C(=O)NC2CCCC2)cc1. The first-order valence-corrected chi connectivity index (χ1v) is 11.8. The van der Waals surface area contributed by atoms with Crippen molar-refractivity contribution in [1.82, 2.24) is 10.2 Å². The Hall–Kier alpha value is -2.53. The molecule has 2 amide bonds. The monoisotopic (exact) mass is 456 g/mol. The van der Waals surface area contributed by atoms with Gasteiger partial charge in [-0.3, -0.25) is 9.59 Å². The third-order valence-electron chi connectivity index (χ3n) is 6.08. The van der Waals surface area contributed by atoms with Crippen LogP contribution in [0.1, 0.15) is 63.5 Å². The van der Waals surface area contributed by atoms with Crippen LogP contribution >= 0.6 is 11.6 Å². The van der Waals surface area contributed by atoms with Crippen molar-refractivity contribution in [1.29, 1.82) is 0 Å². The Morgan fingerprint density at radius 3 is 2.34 bits per heavy atom. The van der Waals surface area contributed by atoms with Crippen molar-refractivity contribution in [2.45, 2.75) is 71.0 Å². The minimum Gasteiger partial charge on any atom is -0.484 e. The molecular formula is C26H33ClN2O3. The first kappa shape index (κ1) is 24.1. The summed E-state index contributed by atoms with van der Waals surface area (Å²) in [6.45, 7) is 6.12. The first-order valence-electron chi connectivity index (χ1n) is 11.4. The van der Waals surface area contributed by atoms with Gasteiger partial charge in [0.2, 0.25) is 5.91 Å². The standard InChI is InChI=1S/C26H33ClN2O3/c1-18(2)20-12-14-23(15-13-20)32-17-25(30)29(16-21-8-4-7-11-24(21)27)19(3)26(31)28-22-9-5-6-10-22/h4,7-8,11-15,18-19,22H,5-6,9-10,16-17H2,1-3H3,(H,28,31)/t19-/m1/s1. The molecule has 0 heterocycles. The van der Waals surface area contributed by atoms with Crippen LogP contribution in [0, 0.1) is 0 Å². The Labute approximate surface area is 196 Å². The smallest absolute Gasteiger partial charge is 0.261 e. The molecule has 0 unspecified atom stereocenters. The first-order chi connectivity index (χ1) is 15.3. The predicted octanol–water partition coefficient (Wildman–Crippen LogP) is 5.32. The third kappa shape index (κ3) is 6.49. The van der Waals surface area contributed by atoms with Gasteiger partial charge in [0.25, 0.3) is 5.91 Å². The Balaban J connectivity index is 1.70. The van der Waals surface area contributed by atoms with Crippen molar-refractivity contribution >= 4 is 23.4 Å². The van der Waals surface area contributed by atoms with Gasteiger partial charge in [-0.25, -0.2) is 0 Å². The summed E-state index contributed by atoms with van der Waals surface area (Å²) < 4.78 is 5.76. The predicted molar refractivity (Wildman–Crippen MR) is 128 cm³/mol. The average molecular weight is 457 g/mol. The van der Waals surface area contributed by atoms with Crippen LogP contribution in [0.3, 0.4) is 0 Å². The van der Waals surface area contributed by atoms with Crippen LogP contribution < -0.4 is 10.1 Å². The molecule has 1 atom stereocenters. The molecule has 1 fully saturated rings. The molecule has 2 aromatic carbocycles. The van der Waals surface area contributed by atoms with E-state index in [0.717, 1.165) is 31.2 Å². The third-order valence-corrected chi connectivity index (χ3v) is 6.45. The molecule has 0 aliphatic heterocycles. The summed E-state index contributed by atoms with van der Waals surface area (Å²) in [6.07, 6.45) is 4.24. The molecule has 32 heavy (non-hydrogen) atoms. The topological polar surface area (TPSA) is 58.6 Å². The summed E-state index contributed by atoms with van der Waals surface area (Å²) in [4.78, 5) is 27.6. The summed E-state index contributed by atoms with van der Waals surface area (Å²) in [6, 6.07) is 14.7. The highest BCUT2D eigenvalue weighted by Gasteiger charge is 2.29. The molecule has 172 valence electrons. The molecule has 1 aliphatic rings. The van der Waals surface area contributed by atoms with Gasteiger partial charge in [0.1, 0.15) is 11.8 Å². The van der Waals surface area contributed by atoms with Crippen LogP contribution in [-0.2, 0) is 16.1 Å². The highest BCUT2D eigenvalue weighted by Crippen LogP contribution is 2.22. The van der Waals surface area contributed by atoms with Gasteiger partial charge in [0.05, 0.1) is 0 Å². The lowest BCUT2D eigenvalue weighted by molar-refractivity contribution is -0.142. The second-order valence-electron chi connectivity index (χ2n) is 8.79. The Morgan fingerprint density at radius 1 is 1.06 bits per heavy atom. The number of carbonyl (C=O) groups is 2. The van der Waals surface area contributed by atoms with Gasteiger partial charge in [0.15, 0.2) is 6.61 Å². The second kappa shape index (κ2) is 11.4. The summed E-state index contributed by atoms with van der Waals surface area (Å²) in [7, 11) is 0. The molecule has 0 spiro atoms. The van der Waals surface area contributed by atoms with Gasteiger partial charge in [-0.05, 0) is 55.0 Å². The van der Waals surface area contributed by atoms with Crippen LogP contribution in [0.2, 0.25) is 5.02 Å². The maximum Gasteiger partial charge on any atom is 0.261 e. The molecule has 6 heteroatoms. The van der Waals surface area contributed by atoms with E-state index in [0.29, 0.717) is 16.7 Å². The molecule has 5 nitrogen and oxygen atoms in total. The van der Waals surface area contributed by atoms with Crippen LogP contribution in [0.25, 0.3) is 0 Å². The van der Waals surface area contributed by atoms with Crippen LogP contribution in [0.5, 0.6) is 5.75 Å². The lowest BCUT2D eigenvalue weighted by Gasteiger charge is -2.30. The van der Waals surface area contributed by atoms with E-state index in [-0.39, 0.29) is 31.0 Å². The van der Waals surface area contributed by atoms with Gasteiger partial charge in [0, 0.05) is 17.6 Å². The second-order valence-corrected chi connectivity index (χ2v) is 9.20. The minimum atomic E-state index is -0.633. The molecule has 3 rings (SSSR count). The number of nitrogens with one attached hydrogen (secondary N) is 1. The zero-order valence-corrected chi connectivity index (χ0v) is 19.9. The van der Waals surface area contributed by atoms with Gasteiger partial charge < -0.3 is 15.0 Å². The van der Waals surface area contributed by atoms with Crippen LogP contribution in [-0.4, -0.2) is 35.4 Å². The lowest BCUT2D eigenvalue weighted by atomic mass is 10.0. The van der Waals surface area contributed by atoms with Crippen molar-refractivity contribution in [3.05, 3.63) is 64.7 Å². The fourth-order valence-corrected chi connectivity index (χ4v) is 4.16. The number of hydrogen-bond donors (Lipinski definition) is 1. The molecular weight excluding hydrogens is 424 g/mol. The van der Waals surface area contributed by atoms with E-state index in [4.69, 9.17) is 16.3 Å². The number of carbonyl (C=O) groups excluding carboxylic acids is 2. The fourth-order valence-electron chi connectivity index (χ4n) is 3.96. The number of hydrogen-bond acceptors (Lipinski definition) is 3. The summed E-state index contributed by atoms with van der Waals surface area (Å²) in [5.41, 5.74) is 2.01. The number of rotatable bonds is 9. The van der Waals surface area contributed by atoms with E-state index in [1.807, 2.05) is 42.5 Å². The highest BCUT2D eigenvalue weighted by molar-refractivity contribution is 6.31. The number of benzene rings is 2. The molecule has 0 bridgehead atoms. The quantitative estimate of drug-likeness (QED) is 0.555. The zero-order chi connectivity index (χ0) is 23.1. The molecule has 1 N–H and O–H groups in total. The van der Waals surface area contributed by atoms with Gasteiger partial charge in [-0.1, -0.05) is 68.6 Å². The largest absolute Gasteiger partial charge is 0.484 e. The number of ether oxygens (including phenoxy) is 1. The van der Waals surface area contributed by atoms with Crippen molar-refractivity contribution in [2.75, 3.05) is 6.61 Å². The molecule has 0 radical (unpaired) electrons. The zero-order valence-electron chi connectivity index (χ0n) is 19.1. The lowest BCUT2D eigenvalue weighted by Crippen LogP contribution is -2.50. The number of halogens is 1. The summed E-state index contributed by atoms with van der Waals surface area (Å²) in [5.74, 6) is 0.657. The molecule has 2 aromatic rings. The Morgan fingerprint density at radius 2 is 1.72 bits per heavy atom. The van der Waals surface area contributed by atoms with Crippen molar-refractivity contribution in [3.63, 3.8) is 0 Å². The molecule has 1 aliphatic carbocycles. The van der Waals surface area contributed by atoms with E-state index in [2.05, 4.69) is 19.2 Å². The normalized spacial score (nSPS) is 14.9. The van der Waals surface area contributed by atoms with Gasteiger partial charge in [-0.2, -0.15) is 0 Å². The van der Waals surface area contributed by atoms with E-state index in [1.165, 1.54) is 5.56 Å². The minimum absolute atomic E-state index is 0.140. The summed E-state index contributed by atoms with van der Waals surface area (Å²) in [5, 5.41) is 3.67. The van der Waals surface area contributed by atoms with Gasteiger partial charge in [-0.15, -0.1) is 0 Å². The maximum absolute atomic E-state index is 13.2. The number of nitrogens with zero attached hydrogens (tertiary/aromatic N) is 1. The van der Waals surface area contributed by atoms with Crippen LogP contribution in [0.4, 0.5) is 0 Å². The molecule has 1 saturated carbocycles. The fraction of sp³-hybridized carbons (Fsp3) is 0.462. The van der Waals surface area contributed by atoms with E-state index in [9.17, 15) is 9.59 Å². The summed E-state index contributed by atoms with van der Waals surface area (Å²) >= 11 is 6.34. The van der Waals surface area contributed by atoms with E-state index >= 15 is 0 Å². The average Bonchev–Trinajstić information content (AvgIpc) is 3.29. The molecule has 0 saturated heterocycles. The van der Waals surface area contributed by atoms with Crippen molar-refractivity contribution in [2.24, 2.45) is 0 Å². The number of amides is 2. The van der Waals surface area contributed by atoms with E-state index in [1.54, 1.807) is 17.9 Å². The van der Waals surface area contributed by atoms with E-state index < -0.39 is 6.04 Å². The molecule has 0 aromatic heterocycles. The maximum atomic E-state index is 13.2. The van der Waals surface area contributed by atoms with Crippen LogP contribution in [0.15, 0.2) is 48.5 Å². The Kier molecular flexibility index (Phi) is 8.57. The Bertz CT molecular complexity index is 908. The van der Waals surface area contributed by atoms with Gasteiger partial charge >= 0.3 is 0 Å². The highest BCUT2D eigenvalue weighted by atomic mass is 35.5.